The first kappa shape index (κ1) is 18.5. The standard InChI is InChI=1S/C5H15BNO10P3/c6-4-1-2-5(7-4)15-3-18(8,9)16-20(13,14)17-19(10,11)12/h4-5,7H,1-3,6H2,(H,8,9)(H,13,14)(H2,10,11,12)/t4-,5-/m1/s1. The van der Waals surface area contributed by atoms with Crippen molar-refractivity contribution in [2.24, 2.45) is 0 Å². The van der Waals surface area contributed by atoms with Crippen molar-refractivity contribution in [1.82, 2.24) is 5.32 Å². The molecule has 0 aliphatic carbocycles. The van der Waals surface area contributed by atoms with Gasteiger partial charge in [-0.15, -0.1) is 0 Å². The third kappa shape index (κ3) is 7.45. The fourth-order valence-electron chi connectivity index (χ4n) is 1.54. The highest BCUT2D eigenvalue weighted by Gasteiger charge is 2.40. The van der Waals surface area contributed by atoms with Crippen molar-refractivity contribution in [1.29, 1.82) is 0 Å². The largest absolute Gasteiger partial charge is 0.488 e. The number of phosphoric acid groups is 2. The van der Waals surface area contributed by atoms with E-state index in [0.717, 1.165) is 6.42 Å². The molecular formula is C5H15BNO10P3. The van der Waals surface area contributed by atoms with E-state index in [0.29, 0.717) is 6.42 Å². The highest BCUT2D eigenvalue weighted by Crippen LogP contribution is 2.65. The molecule has 4 atom stereocenters. The maximum Gasteiger partial charge on any atom is 0.488 e. The fourth-order valence-corrected chi connectivity index (χ4v) is 4.84. The average molecular weight is 353 g/mol. The minimum atomic E-state index is -5.39. The van der Waals surface area contributed by atoms with Crippen LogP contribution in [0.5, 0.6) is 0 Å². The van der Waals surface area contributed by atoms with Crippen molar-refractivity contribution in [3.63, 3.8) is 0 Å². The van der Waals surface area contributed by atoms with E-state index >= 15 is 0 Å². The Labute approximate surface area is 115 Å². The Bertz CT molecular complexity index is 480. The SMILES string of the molecule is B[C@H]1CC[C@@H](OCP(=O)(O)OP(=O)(O)OP(=O)(O)O)N1. The van der Waals surface area contributed by atoms with Gasteiger partial charge < -0.3 is 24.3 Å². The van der Waals surface area contributed by atoms with Crippen LogP contribution in [0.25, 0.3) is 0 Å². The van der Waals surface area contributed by atoms with E-state index in [9.17, 15) is 18.6 Å². The summed E-state index contributed by atoms with van der Waals surface area (Å²) in [6.07, 6.45) is -0.0559. The van der Waals surface area contributed by atoms with Gasteiger partial charge in [-0.2, -0.15) is 4.31 Å². The van der Waals surface area contributed by atoms with E-state index in [1.54, 1.807) is 0 Å². The first-order valence-electron chi connectivity index (χ1n) is 5.39. The van der Waals surface area contributed by atoms with Crippen LogP contribution in [0, 0.1) is 0 Å². The maximum atomic E-state index is 11.5. The molecule has 1 rings (SSSR count). The molecular weight excluding hydrogens is 338 g/mol. The highest BCUT2D eigenvalue weighted by atomic mass is 31.3. The van der Waals surface area contributed by atoms with Crippen LogP contribution >= 0.6 is 23.2 Å². The Morgan fingerprint density at radius 3 is 2.15 bits per heavy atom. The Balaban J connectivity index is 2.50. The highest BCUT2D eigenvalue weighted by molar-refractivity contribution is 7.68. The van der Waals surface area contributed by atoms with Crippen molar-refractivity contribution < 1.29 is 46.6 Å². The van der Waals surface area contributed by atoms with E-state index in [4.69, 9.17) is 19.4 Å². The second-order valence-electron chi connectivity index (χ2n) is 4.19. The zero-order chi connectivity index (χ0) is 15.6. The molecule has 1 aliphatic heterocycles. The molecule has 0 radical (unpaired) electrons. The number of nitrogens with one attached hydrogen (secondary N) is 1. The van der Waals surface area contributed by atoms with E-state index < -0.39 is 35.8 Å². The van der Waals surface area contributed by atoms with Crippen LogP contribution in [-0.4, -0.2) is 45.9 Å². The molecule has 20 heavy (non-hydrogen) atoms. The van der Waals surface area contributed by atoms with E-state index in [1.165, 1.54) is 0 Å². The van der Waals surface area contributed by atoms with Crippen molar-refractivity contribution in [3.05, 3.63) is 0 Å². The molecule has 0 saturated carbocycles. The van der Waals surface area contributed by atoms with Gasteiger partial charge in [0.05, 0.1) is 0 Å². The van der Waals surface area contributed by atoms with Crippen LogP contribution in [0.3, 0.4) is 0 Å². The van der Waals surface area contributed by atoms with Crippen LogP contribution in [0.15, 0.2) is 0 Å². The molecule has 1 aliphatic rings. The smallest absolute Gasteiger partial charge is 0.351 e. The second-order valence-corrected chi connectivity index (χ2v) is 8.95. The summed E-state index contributed by atoms with van der Waals surface area (Å²) in [5.41, 5.74) is 0. The van der Waals surface area contributed by atoms with Gasteiger partial charge in [-0.05, 0) is 18.8 Å². The molecule has 5 N–H and O–H groups in total. The molecule has 15 heteroatoms. The molecule has 11 nitrogen and oxygen atoms in total. The van der Waals surface area contributed by atoms with Crippen LogP contribution in [0.4, 0.5) is 0 Å². The van der Waals surface area contributed by atoms with Gasteiger partial charge in [-0.1, -0.05) is 0 Å². The zero-order valence-electron chi connectivity index (χ0n) is 10.4. The molecule has 0 spiro atoms. The monoisotopic (exact) mass is 353 g/mol. The third-order valence-electron chi connectivity index (χ3n) is 2.21. The van der Waals surface area contributed by atoms with Gasteiger partial charge in [0.15, 0.2) is 6.35 Å². The minimum Gasteiger partial charge on any atom is -0.351 e. The van der Waals surface area contributed by atoms with Crippen molar-refractivity contribution in [2.75, 3.05) is 6.35 Å². The molecule has 0 aromatic rings. The summed E-state index contributed by atoms with van der Waals surface area (Å²) in [6, 6.07) is 0. The fraction of sp³-hybridized carbons (Fsp3) is 1.00. The van der Waals surface area contributed by atoms with Gasteiger partial charge in [-0.3, -0.25) is 9.88 Å². The summed E-state index contributed by atoms with van der Waals surface area (Å²) in [6.45, 7) is 0. The molecule has 0 aromatic carbocycles. The Morgan fingerprint density at radius 1 is 1.10 bits per heavy atom. The van der Waals surface area contributed by atoms with E-state index in [-0.39, 0.29) is 5.94 Å². The molecule has 1 heterocycles. The lowest BCUT2D eigenvalue weighted by Crippen LogP contribution is -2.31. The molecule has 118 valence electrons. The first-order chi connectivity index (χ1) is 8.89. The van der Waals surface area contributed by atoms with Crippen LogP contribution in [0.1, 0.15) is 12.8 Å². The summed E-state index contributed by atoms with van der Waals surface area (Å²) in [7, 11) is -13.6. The van der Waals surface area contributed by atoms with Gasteiger partial charge in [0, 0.05) is 0 Å². The quantitative estimate of drug-likeness (QED) is 0.282. The molecule has 0 amide bonds. The lowest BCUT2D eigenvalue weighted by molar-refractivity contribution is 0.0632. The first-order valence-corrected chi connectivity index (χ1v) is 10.2. The molecule has 0 bridgehead atoms. The van der Waals surface area contributed by atoms with Gasteiger partial charge >= 0.3 is 23.2 Å². The number of hydrogen-bond acceptors (Lipinski definition) is 7. The zero-order valence-corrected chi connectivity index (χ0v) is 13.0. The van der Waals surface area contributed by atoms with E-state index in [1.807, 2.05) is 7.85 Å². The normalized spacial score (nSPS) is 29.8. The van der Waals surface area contributed by atoms with Crippen LogP contribution < -0.4 is 5.32 Å². The Morgan fingerprint density at radius 2 is 1.70 bits per heavy atom. The summed E-state index contributed by atoms with van der Waals surface area (Å²) in [5.74, 6) is 0.168. The second kappa shape index (κ2) is 6.68. The number of hydrogen-bond donors (Lipinski definition) is 5. The third-order valence-corrected chi connectivity index (χ3v) is 6.21. The Kier molecular flexibility index (Phi) is 6.18. The molecule has 1 fully saturated rings. The maximum absolute atomic E-state index is 11.5. The van der Waals surface area contributed by atoms with Crippen LogP contribution in [-0.2, 0) is 27.1 Å². The lowest BCUT2D eigenvalue weighted by atomic mass is 9.96. The van der Waals surface area contributed by atoms with Gasteiger partial charge in [0.25, 0.3) is 0 Å². The van der Waals surface area contributed by atoms with Crippen molar-refractivity contribution in [3.8, 4) is 0 Å². The van der Waals surface area contributed by atoms with E-state index in [2.05, 4.69) is 13.9 Å². The van der Waals surface area contributed by atoms with Gasteiger partial charge in [0.2, 0.25) is 0 Å². The van der Waals surface area contributed by atoms with Crippen LogP contribution in [0.2, 0.25) is 0 Å². The summed E-state index contributed by atoms with van der Waals surface area (Å²) >= 11 is 0. The average Bonchev–Trinajstić information content (AvgIpc) is 2.55. The predicted molar refractivity (Wildman–Crippen MR) is 68.3 cm³/mol. The number of rotatable bonds is 7. The molecule has 2 unspecified atom stereocenters. The summed E-state index contributed by atoms with van der Waals surface area (Å²) < 4.78 is 45.2. The minimum absolute atomic E-state index is 0.168. The van der Waals surface area contributed by atoms with Crippen molar-refractivity contribution in [2.45, 2.75) is 25.0 Å². The van der Waals surface area contributed by atoms with Crippen molar-refractivity contribution >= 4 is 31.1 Å². The number of ether oxygens (including phenoxy) is 1. The molecule has 1 saturated heterocycles. The summed E-state index contributed by atoms with van der Waals surface area (Å²) in [4.78, 5) is 34.9. The topological polar surface area (TPSA) is 172 Å². The Hall–Kier alpha value is 0.435. The molecule has 0 aromatic heterocycles. The summed E-state index contributed by atoms with van der Waals surface area (Å²) in [5, 5.41) is 2.93. The van der Waals surface area contributed by atoms with Gasteiger partial charge in [0.1, 0.15) is 14.1 Å². The lowest BCUT2D eigenvalue weighted by Gasteiger charge is -2.18. The van der Waals surface area contributed by atoms with Gasteiger partial charge in [-0.25, -0.2) is 13.4 Å². The predicted octanol–water partition coefficient (Wildman–Crippen LogP) is -0.959.